The fourth-order valence-electron chi connectivity index (χ4n) is 4.87. The Morgan fingerprint density at radius 1 is 0.784 bits per heavy atom. The second kappa shape index (κ2) is 11.5. The number of hydrogen-bond acceptors (Lipinski definition) is 6. The molecule has 0 aliphatic carbocycles. The van der Waals surface area contributed by atoms with Gasteiger partial charge in [-0.3, -0.25) is 4.79 Å². The van der Waals surface area contributed by atoms with Crippen LogP contribution in [0.25, 0.3) is 0 Å². The fourth-order valence-corrected chi connectivity index (χ4v) is 4.87. The summed E-state index contributed by atoms with van der Waals surface area (Å²) in [6.45, 7) is 6.98. The number of anilines is 1. The number of amides is 1. The van der Waals surface area contributed by atoms with E-state index in [0.29, 0.717) is 42.0 Å². The molecule has 0 saturated heterocycles. The van der Waals surface area contributed by atoms with Crippen LogP contribution in [0.3, 0.4) is 0 Å². The smallest absolute Gasteiger partial charge is 0.232 e. The van der Waals surface area contributed by atoms with Crippen molar-refractivity contribution in [2.24, 2.45) is 0 Å². The lowest BCUT2D eigenvalue weighted by Gasteiger charge is -2.38. The molecule has 0 radical (unpaired) electrons. The maximum Gasteiger partial charge on any atom is 0.232 e. The van der Waals surface area contributed by atoms with Crippen LogP contribution < -0.4 is 28.6 Å². The SMILES string of the molecule is CCOc1cc2c(cc1OCC)C(c1cc(OC)c(OC)c(OC)c1)N(c1ccc(CC)cc1)C(=O)C2. The highest BCUT2D eigenvalue weighted by molar-refractivity contribution is 5.98. The molecular formula is C30H35NO6. The number of hydrogen-bond donors (Lipinski definition) is 0. The van der Waals surface area contributed by atoms with Gasteiger partial charge in [0.05, 0.1) is 47.0 Å². The highest BCUT2D eigenvalue weighted by Crippen LogP contribution is 2.47. The molecule has 3 aromatic rings. The lowest BCUT2D eigenvalue weighted by Crippen LogP contribution is -2.41. The lowest BCUT2D eigenvalue weighted by molar-refractivity contribution is -0.118. The molecule has 0 N–H and O–H groups in total. The van der Waals surface area contributed by atoms with Crippen LogP contribution in [0, 0.1) is 0 Å². The third kappa shape index (κ3) is 5.03. The van der Waals surface area contributed by atoms with Gasteiger partial charge in [0, 0.05) is 5.69 Å². The first-order valence-electron chi connectivity index (χ1n) is 12.6. The molecular weight excluding hydrogens is 470 g/mol. The molecule has 0 fully saturated rings. The minimum Gasteiger partial charge on any atom is -0.493 e. The van der Waals surface area contributed by atoms with Gasteiger partial charge in [0.1, 0.15) is 0 Å². The summed E-state index contributed by atoms with van der Waals surface area (Å²) in [5.74, 6) is 2.82. The molecule has 0 saturated carbocycles. The van der Waals surface area contributed by atoms with E-state index < -0.39 is 6.04 Å². The van der Waals surface area contributed by atoms with Crippen molar-refractivity contribution in [1.29, 1.82) is 0 Å². The summed E-state index contributed by atoms with van der Waals surface area (Å²) in [5, 5.41) is 0. The first kappa shape index (κ1) is 26.2. The number of carbonyl (C=O) groups excluding carboxylic acids is 1. The lowest BCUT2D eigenvalue weighted by atomic mass is 9.86. The number of methoxy groups -OCH3 is 3. The maximum absolute atomic E-state index is 13.8. The Labute approximate surface area is 218 Å². The van der Waals surface area contributed by atoms with Gasteiger partial charge in [-0.1, -0.05) is 19.1 Å². The van der Waals surface area contributed by atoms with E-state index in [1.165, 1.54) is 5.56 Å². The molecule has 1 aliphatic rings. The summed E-state index contributed by atoms with van der Waals surface area (Å²) in [7, 11) is 4.75. The Morgan fingerprint density at radius 2 is 1.38 bits per heavy atom. The van der Waals surface area contributed by atoms with Gasteiger partial charge in [-0.25, -0.2) is 0 Å². The van der Waals surface area contributed by atoms with Gasteiger partial charge in [-0.15, -0.1) is 0 Å². The Morgan fingerprint density at radius 3 is 1.89 bits per heavy atom. The van der Waals surface area contributed by atoms with Crippen molar-refractivity contribution >= 4 is 11.6 Å². The standard InChI is InChI=1S/C30H35NO6/c1-7-19-10-12-22(13-11-19)31-28(32)17-20-14-24(36-8-2)25(37-9-3)18-23(20)29(31)21-15-26(33-4)30(35-6)27(16-21)34-5/h10-16,18,29H,7-9,17H2,1-6H3. The molecule has 1 atom stereocenters. The first-order valence-corrected chi connectivity index (χ1v) is 12.6. The van der Waals surface area contributed by atoms with Crippen molar-refractivity contribution < 1.29 is 28.5 Å². The van der Waals surface area contributed by atoms with Crippen molar-refractivity contribution in [3.63, 3.8) is 0 Å². The number of carbonyl (C=O) groups is 1. The van der Waals surface area contributed by atoms with Crippen LogP contribution in [0.4, 0.5) is 5.69 Å². The third-order valence-corrected chi connectivity index (χ3v) is 6.59. The molecule has 7 nitrogen and oxygen atoms in total. The number of ether oxygens (including phenoxy) is 5. The average Bonchev–Trinajstić information content (AvgIpc) is 2.92. The minimum atomic E-state index is -0.452. The Balaban J connectivity index is 1.98. The molecule has 1 aliphatic heterocycles. The monoisotopic (exact) mass is 505 g/mol. The predicted octanol–water partition coefficient (Wildman–Crippen LogP) is 5.75. The molecule has 1 heterocycles. The van der Waals surface area contributed by atoms with Gasteiger partial charge in [0.15, 0.2) is 23.0 Å². The average molecular weight is 506 g/mol. The van der Waals surface area contributed by atoms with E-state index in [-0.39, 0.29) is 12.3 Å². The Bertz CT molecular complexity index is 1230. The van der Waals surface area contributed by atoms with Crippen molar-refractivity contribution in [3.8, 4) is 28.7 Å². The largest absolute Gasteiger partial charge is 0.493 e. The van der Waals surface area contributed by atoms with E-state index in [9.17, 15) is 4.79 Å². The van der Waals surface area contributed by atoms with Gasteiger partial charge in [0.25, 0.3) is 0 Å². The van der Waals surface area contributed by atoms with Crippen LogP contribution >= 0.6 is 0 Å². The second-order valence-corrected chi connectivity index (χ2v) is 8.69. The van der Waals surface area contributed by atoms with Crippen LogP contribution in [0.5, 0.6) is 28.7 Å². The molecule has 0 aromatic heterocycles. The van der Waals surface area contributed by atoms with Crippen LogP contribution in [-0.4, -0.2) is 40.5 Å². The number of rotatable bonds is 10. The molecule has 0 spiro atoms. The molecule has 7 heteroatoms. The summed E-state index contributed by atoms with van der Waals surface area (Å²) in [6, 6.07) is 15.4. The molecule has 1 unspecified atom stereocenters. The quantitative estimate of drug-likeness (QED) is 0.350. The van der Waals surface area contributed by atoms with Crippen molar-refractivity contribution in [2.75, 3.05) is 39.4 Å². The second-order valence-electron chi connectivity index (χ2n) is 8.69. The maximum atomic E-state index is 13.8. The summed E-state index contributed by atoms with van der Waals surface area (Å²) in [6.07, 6.45) is 1.17. The normalized spacial score (nSPS) is 14.7. The number of fused-ring (bicyclic) bond motifs is 1. The highest BCUT2D eigenvalue weighted by Gasteiger charge is 2.37. The Kier molecular flexibility index (Phi) is 8.11. The molecule has 4 rings (SSSR count). The summed E-state index contributed by atoms with van der Waals surface area (Å²) in [5.41, 5.74) is 4.71. The molecule has 0 bridgehead atoms. The van der Waals surface area contributed by atoms with Gasteiger partial charge >= 0.3 is 0 Å². The summed E-state index contributed by atoms with van der Waals surface area (Å²) >= 11 is 0. The third-order valence-electron chi connectivity index (χ3n) is 6.59. The zero-order chi connectivity index (χ0) is 26.5. The topological polar surface area (TPSA) is 66.5 Å². The highest BCUT2D eigenvalue weighted by atomic mass is 16.5. The van der Waals surface area contributed by atoms with E-state index in [4.69, 9.17) is 23.7 Å². The van der Waals surface area contributed by atoms with Crippen LogP contribution in [0.2, 0.25) is 0 Å². The number of nitrogens with zero attached hydrogens (tertiary/aromatic N) is 1. The van der Waals surface area contributed by atoms with Crippen molar-refractivity contribution in [1.82, 2.24) is 0 Å². The van der Waals surface area contributed by atoms with E-state index in [2.05, 4.69) is 19.1 Å². The summed E-state index contributed by atoms with van der Waals surface area (Å²) < 4.78 is 28.7. The number of aryl methyl sites for hydroxylation is 1. The predicted molar refractivity (Wildman–Crippen MR) is 144 cm³/mol. The van der Waals surface area contributed by atoms with Gasteiger partial charge in [-0.2, -0.15) is 0 Å². The van der Waals surface area contributed by atoms with E-state index in [0.717, 1.165) is 28.8 Å². The van der Waals surface area contributed by atoms with E-state index in [1.54, 1.807) is 21.3 Å². The zero-order valence-electron chi connectivity index (χ0n) is 22.4. The fraction of sp³-hybridized carbons (Fsp3) is 0.367. The summed E-state index contributed by atoms with van der Waals surface area (Å²) in [4.78, 5) is 15.6. The van der Waals surface area contributed by atoms with Crippen LogP contribution in [-0.2, 0) is 17.6 Å². The molecule has 3 aromatic carbocycles. The van der Waals surface area contributed by atoms with Crippen LogP contribution in [0.15, 0.2) is 48.5 Å². The van der Waals surface area contributed by atoms with Gasteiger partial charge in [-0.05, 0) is 78.9 Å². The van der Waals surface area contributed by atoms with Crippen molar-refractivity contribution in [3.05, 3.63) is 70.8 Å². The zero-order valence-corrected chi connectivity index (χ0v) is 22.4. The van der Waals surface area contributed by atoms with E-state index in [1.807, 2.05) is 55.1 Å². The van der Waals surface area contributed by atoms with Gasteiger partial charge < -0.3 is 28.6 Å². The molecule has 37 heavy (non-hydrogen) atoms. The molecule has 1 amide bonds. The van der Waals surface area contributed by atoms with Gasteiger partial charge in [0.2, 0.25) is 11.7 Å². The van der Waals surface area contributed by atoms with Crippen LogP contribution in [0.1, 0.15) is 49.1 Å². The number of benzene rings is 3. The minimum absolute atomic E-state index is 0.0119. The van der Waals surface area contributed by atoms with E-state index >= 15 is 0 Å². The first-order chi connectivity index (χ1) is 18.0. The van der Waals surface area contributed by atoms with Crippen molar-refractivity contribution in [2.45, 2.75) is 39.7 Å². The Hall–Kier alpha value is -3.87. The molecule has 196 valence electrons.